The highest BCUT2D eigenvalue weighted by Gasteiger charge is 2.24. The van der Waals surface area contributed by atoms with E-state index in [1.165, 1.54) is 55.0 Å². The molecule has 1 aromatic carbocycles. The number of rotatable bonds is 3. The second-order valence-electron chi connectivity index (χ2n) is 7.43. The number of thioether (sulfide) groups is 1. The minimum Gasteiger partial charge on any atom is -0.351 e. The number of carbonyl (C=O) groups is 1. The lowest BCUT2D eigenvalue weighted by Crippen LogP contribution is -2.19. The van der Waals surface area contributed by atoms with E-state index in [1.807, 2.05) is 18.2 Å². The third-order valence-electron chi connectivity index (χ3n) is 5.40. The first-order chi connectivity index (χ1) is 13.1. The molecule has 2 fully saturated rings. The number of nitrogens with one attached hydrogen (secondary N) is 1. The lowest BCUT2D eigenvalue weighted by molar-refractivity contribution is -0.115. The van der Waals surface area contributed by atoms with Crippen molar-refractivity contribution >= 4 is 34.6 Å². The Morgan fingerprint density at radius 1 is 1.15 bits per heavy atom. The molecule has 1 saturated heterocycles. The minimum atomic E-state index is -0.0759. The summed E-state index contributed by atoms with van der Waals surface area (Å²) in [5, 5.41) is 3.52. The number of aromatic nitrogens is 1. The summed E-state index contributed by atoms with van der Waals surface area (Å²) in [6, 6.07) is 8.78. The fraction of sp³-hybridized carbons (Fsp3) is 0.364. The van der Waals surface area contributed by atoms with Gasteiger partial charge in [-0.1, -0.05) is 25.3 Å². The van der Waals surface area contributed by atoms with Crippen LogP contribution in [-0.4, -0.2) is 15.6 Å². The van der Waals surface area contributed by atoms with E-state index in [4.69, 9.17) is 0 Å². The van der Waals surface area contributed by atoms with Crippen LogP contribution in [0.3, 0.4) is 0 Å². The van der Waals surface area contributed by atoms with Gasteiger partial charge in [-0.25, -0.2) is 4.99 Å². The van der Waals surface area contributed by atoms with Crippen molar-refractivity contribution in [1.29, 1.82) is 0 Å². The van der Waals surface area contributed by atoms with Crippen molar-refractivity contribution in [3.8, 4) is 0 Å². The van der Waals surface area contributed by atoms with Crippen LogP contribution in [0.15, 0.2) is 46.6 Å². The fourth-order valence-corrected chi connectivity index (χ4v) is 4.51. The second-order valence-corrected chi connectivity index (χ2v) is 8.46. The fourth-order valence-electron chi connectivity index (χ4n) is 3.67. The van der Waals surface area contributed by atoms with E-state index in [1.54, 1.807) is 0 Å². The Kier molecular flexibility index (Phi) is 5.21. The summed E-state index contributed by atoms with van der Waals surface area (Å²) in [5.74, 6) is -0.0759. The maximum absolute atomic E-state index is 12.3. The smallest absolute Gasteiger partial charge is 0.264 e. The highest BCUT2D eigenvalue weighted by molar-refractivity contribution is 8.18. The molecule has 1 N–H and O–H groups in total. The summed E-state index contributed by atoms with van der Waals surface area (Å²) in [7, 11) is 0. The number of aryl methyl sites for hydroxylation is 2. The number of hydrogen-bond donors (Lipinski definition) is 1. The van der Waals surface area contributed by atoms with Crippen molar-refractivity contribution < 1.29 is 4.79 Å². The molecule has 1 aromatic heterocycles. The van der Waals surface area contributed by atoms with Gasteiger partial charge in [0.1, 0.15) is 0 Å². The number of carbonyl (C=O) groups excluding carboxylic acids is 1. The first-order valence-electron chi connectivity index (χ1n) is 9.63. The topological polar surface area (TPSA) is 46.4 Å². The predicted octanol–water partition coefficient (Wildman–Crippen LogP) is 5.50. The van der Waals surface area contributed by atoms with Crippen molar-refractivity contribution in [1.82, 2.24) is 9.88 Å². The molecule has 0 atom stereocenters. The molecule has 0 spiro atoms. The quantitative estimate of drug-likeness (QED) is 0.716. The molecule has 27 heavy (non-hydrogen) atoms. The summed E-state index contributed by atoms with van der Waals surface area (Å²) in [5.41, 5.74) is 4.38. The monoisotopic (exact) mass is 379 g/mol. The van der Waals surface area contributed by atoms with Gasteiger partial charge in [0, 0.05) is 18.4 Å². The summed E-state index contributed by atoms with van der Waals surface area (Å²) >= 11 is 1.40. The maximum atomic E-state index is 12.3. The highest BCUT2D eigenvalue weighted by Crippen LogP contribution is 2.31. The van der Waals surface area contributed by atoms with Gasteiger partial charge in [-0.3, -0.25) is 4.79 Å². The summed E-state index contributed by atoms with van der Waals surface area (Å²) in [4.78, 5) is 17.6. The summed E-state index contributed by atoms with van der Waals surface area (Å²) < 4.78 is 2.31. The Bertz CT molecular complexity index is 919. The van der Waals surface area contributed by atoms with Crippen LogP contribution in [-0.2, 0) is 4.79 Å². The molecule has 4 rings (SSSR count). The van der Waals surface area contributed by atoms with Gasteiger partial charge in [-0.2, -0.15) is 0 Å². The molecule has 1 aliphatic heterocycles. The molecule has 1 aliphatic carbocycles. The van der Waals surface area contributed by atoms with Crippen molar-refractivity contribution in [3.63, 3.8) is 0 Å². The number of aliphatic imine (C=N–C) groups is 1. The molecule has 4 nitrogen and oxygen atoms in total. The molecule has 5 heteroatoms. The van der Waals surface area contributed by atoms with Gasteiger partial charge in [0.05, 0.1) is 10.6 Å². The molecule has 0 unspecified atom stereocenters. The van der Waals surface area contributed by atoms with Crippen LogP contribution in [0.2, 0.25) is 0 Å². The first kappa shape index (κ1) is 18.1. The summed E-state index contributed by atoms with van der Waals surface area (Å²) in [6.45, 7) is 4.15. The number of nitrogens with zero attached hydrogens (tertiary/aromatic N) is 2. The van der Waals surface area contributed by atoms with Crippen LogP contribution in [0, 0.1) is 13.8 Å². The number of hydrogen-bond acceptors (Lipinski definition) is 3. The molecular formula is C22H25N3OS. The zero-order valence-electron chi connectivity index (χ0n) is 15.9. The van der Waals surface area contributed by atoms with Crippen molar-refractivity contribution in [2.75, 3.05) is 0 Å². The van der Waals surface area contributed by atoms with Crippen LogP contribution in [0.5, 0.6) is 0 Å². The normalized spacial score (nSPS) is 21.2. The van der Waals surface area contributed by atoms with Crippen LogP contribution < -0.4 is 5.32 Å². The minimum absolute atomic E-state index is 0.0759. The third kappa shape index (κ3) is 4.19. The Morgan fingerprint density at radius 3 is 2.74 bits per heavy atom. The lowest BCUT2D eigenvalue weighted by atomic mass is 9.95. The van der Waals surface area contributed by atoms with E-state index in [-0.39, 0.29) is 5.91 Å². The molecule has 0 bridgehead atoms. The van der Waals surface area contributed by atoms with Gasteiger partial charge in [0.15, 0.2) is 5.17 Å². The van der Waals surface area contributed by atoms with E-state index >= 15 is 0 Å². The van der Waals surface area contributed by atoms with E-state index in [0.717, 1.165) is 11.3 Å². The van der Waals surface area contributed by atoms with Crippen LogP contribution in [0.25, 0.3) is 6.08 Å². The Hall–Kier alpha value is -2.27. The number of benzene rings is 1. The van der Waals surface area contributed by atoms with E-state index < -0.39 is 0 Å². The Morgan fingerprint density at radius 2 is 1.96 bits per heavy atom. The molecule has 1 saturated carbocycles. The van der Waals surface area contributed by atoms with Gasteiger partial charge in [0.2, 0.25) is 0 Å². The Balaban J connectivity index is 1.49. The standard InChI is InChI=1S/C22H25N3OS/c1-15-8-9-18(12-16(15)2)23-22-24-21(26)20(27-22)13-17-10-11-25(14-17)19-6-4-3-5-7-19/h8-14,19H,3-7H2,1-2H3,(H,23,24,26)/b20-13+. The predicted molar refractivity (Wildman–Crippen MR) is 113 cm³/mol. The lowest BCUT2D eigenvalue weighted by Gasteiger charge is -2.23. The molecular weight excluding hydrogens is 354 g/mol. The molecule has 2 aliphatic rings. The molecule has 140 valence electrons. The van der Waals surface area contributed by atoms with Gasteiger partial charge in [0.25, 0.3) is 5.91 Å². The second kappa shape index (κ2) is 7.77. The maximum Gasteiger partial charge on any atom is 0.264 e. The number of amidine groups is 1. The van der Waals surface area contributed by atoms with Crippen LogP contribution in [0.1, 0.15) is 54.8 Å². The molecule has 1 amide bonds. The van der Waals surface area contributed by atoms with Crippen molar-refractivity contribution in [2.45, 2.75) is 52.0 Å². The van der Waals surface area contributed by atoms with Gasteiger partial charge < -0.3 is 9.88 Å². The molecule has 2 aromatic rings. The summed E-state index contributed by atoms with van der Waals surface area (Å²) in [6.07, 6.45) is 12.8. The van der Waals surface area contributed by atoms with Gasteiger partial charge in [-0.05, 0) is 79.4 Å². The van der Waals surface area contributed by atoms with Crippen molar-refractivity contribution in [2.24, 2.45) is 4.99 Å². The SMILES string of the molecule is Cc1ccc(N=C2NC(=O)/C(=C\c3ccn(C4CCCCC4)c3)S2)cc1C. The highest BCUT2D eigenvalue weighted by atomic mass is 32.2. The average molecular weight is 380 g/mol. The molecule has 0 radical (unpaired) electrons. The van der Waals surface area contributed by atoms with Crippen LogP contribution in [0.4, 0.5) is 5.69 Å². The zero-order chi connectivity index (χ0) is 18.8. The molecule has 2 heterocycles. The number of amides is 1. The van der Waals surface area contributed by atoms with Crippen LogP contribution >= 0.6 is 11.8 Å². The van der Waals surface area contributed by atoms with Gasteiger partial charge in [-0.15, -0.1) is 0 Å². The van der Waals surface area contributed by atoms with Crippen molar-refractivity contribution in [3.05, 3.63) is 58.3 Å². The largest absolute Gasteiger partial charge is 0.351 e. The van der Waals surface area contributed by atoms with E-state index in [0.29, 0.717) is 16.1 Å². The first-order valence-corrected chi connectivity index (χ1v) is 10.4. The third-order valence-corrected chi connectivity index (χ3v) is 6.31. The van der Waals surface area contributed by atoms with E-state index in [9.17, 15) is 4.79 Å². The Labute approximate surface area is 164 Å². The van der Waals surface area contributed by atoms with E-state index in [2.05, 4.69) is 53.3 Å². The average Bonchev–Trinajstić information content (AvgIpc) is 3.26. The zero-order valence-corrected chi connectivity index (χ0v) is 16.7. The van der Waals surface area contributed by atoms with Gasteiger partial charge >= 0.3 is 0 Å².